The molecular weight excluding hydrogens is 517 g/mol. The van der Waals surface area contributed by atoms with E-state index in [1.165, 1.54) is 40.5 Å². The number of ether oxygens (including phenoxy) is 1. The number of nitrogens with zero attached hydrogens (tertiary/aromatic N) is 3. The number of hydrogen-bond donors (Lipinski definition) is 2. The maximum atomic E-state index is 12.3. The Morgan fingerprint density at radius 1 is 1.39 bits per heavy atom. The number of anilines is 1. The van der Waals surface area contributed by atoms with Gasteiger partial charge in [0, 0.05) is 41.5 Å². The van der Waals surface area contributed by atoms with E-state index in [0.29, 0.717) is 41.6 Å². The average molecular weight is 545 g/mol. The molecule has 0 bridgehead atoms. The maximum Gasteiger partial charge on any atom is 0.258 e. The number of carbonyl (C=O) groups is 2. The fourth-order valence-corrected chi connectivity index (χ4v) is 6.63. The summed E-state index contributed by atoms with van der Waals surface area (Å²) < 4.78 is 6.52. The molecule has 1 aliphatic heterocycles. The number of carbonyl (C=O) groups excluding carboxylic acids is 2. The molecule has 3 aromatic rings. The van der Waals surface area contributed by atoms with Gasteiger partial charge in [0.25, 0.3) is 5.91 Å². The van der Waals surface area contributed by atoms with Crippen molar-refractivity contribution in [1.82, 2.24) is 14.8 Å². The Morgan fingerprint density at radius 3 is 2.86 bits per heavy atom. The summed E-state index contributed by atoms with van der Waals surface area (Å²) in [6.07, 6.45) is 2.16. The van der Waals surface area contributed by atoms with Crippen LogP contribution in [-0.2, 0) is 4.79 Å². The van der Waals surface area contributed by atoms with Crippen LogP contribution in [0.15, 0.2) is 56.9 Å². The van der Waals surface area contributed by atoms with Crippen LogP contribution in [0.4, 0.5) is 5.13 Å². The van der Waals surface area contributed by atoms with Crippen molar-refractivity contribution in [3.8, 4) is 5.75 Å². The molecule has 0 aliphatic carbocycles. The van der Waals surface area contributed by atoms with Crippen LogP contribution in [0, 0.1) is 6.92 Å². The highest BCUT2D eigenvalue weighted by atomic mass is 32.2. The molecule has 36 heavy (non-hydrogen) atoms. The SMILES string of the molecule is C=CC(=O)N1CCN(C(O)c2cc(Sc3cnc(NC(=O)c4ccsc4)s3)c(C)cc2OC)[C@@H](C)C1. The topological polar surface area (TPSA) is 95.0 Å². The number of aliphatic hydroxyl groups is 1. The van der Waals surface area contributed by atoms with E-state index in [1.54, 1.807) is 29.7 Å². The van der Waals surface area contributed by atoms with E-state index in [-0.39, 0.29) is 17.9 Å². The minimum atomic E-state index is -0.891. The lowest BCUT2D eigenvalue weighted by Gasteiger charge is -2.42. The largest absolute Gasteiger partial charge is 0.496 e. The molecule has 1 unspecified atom stereocenters. The van der Waals surface area contributed by atoms with E-state index in [1.807, 2.05) is 36.3 Å². The highest BCUT2D eigenvalue weighted by Crippen LogP contribution is 2.40. The number of hydrogen-bond acceptors (Lipinski definition) is 9. The molecule has 3 heterocycles. The number of aliphatic hydroxyl groups excluding tert-OH is 1. The Bertz CT molecular complexity index is 1240. The van der Waals surface area contributed by atoms with Crippen molar-refractivity contribution in [1.29, 1.82) is 0 Å². The highest BCUT2D eigenvalue weighted by Gasteiger charge is 2.32. The van der Waals surface area contributed by atoms with Crippen molar-refractivity contribution in [2.75, 3.05) is 32.1 Å². The van der Waals surface area contributed by atoms with Crippen molar-refractivity contribution in [2.45, 2.75) is 35.2 Å². The van der Waals surface area contributed by atoms with Gasteiger partial charge in [-0.1, -0.05) is 29.7 Å². The lowest BCUT2D eigenvalue weighted by Crippen LogP contribution is -2.54. The second-order valence-electron chi connectivity index (χ2n) is 8.36. The Kier molecular flexibility index (Phi) is 8.47. The third kappa shape index (κ3) is 5.81. The van der Waals surface area contributed by atoms with Crippen LogP contribution in [0.25, 0.3) is 0 Å². The smallest absolute Gasteiger partial charge is 0.258 e. The maximum absolute atomic E-state index is 12.3. The van der Waals surface area contributed by atoms with Crippen LogP contribution in [0.2, 0.25) is 0 Å². The fourth-order valence-electron chi connectivity index (χ4n) is 4.04. The van der Waals surface area contributed by atoms with Crippen LogP contribution in [-0.4, -0.2) is 64.5 Å². The zero-order chi connectivity index (χ0) is 25.8. The van der Waals surface area contributed by atoms with Crippen LogP contribution in [0.3, 0.4) is 0 Å². The molecule has 0 saturated carbocycles. The third-order valence-corrected chi connectivity index (χ3v) is 8.84. The fraction of sp³-hybridized carbons (Fsp3) is 0.320. The van der Waals surface area contributed by atoms with Gasteiger partial charge in [-0.2, -0.15) is 11.3 Å². The summed E-state index contributed by atoms with van der Waals surface area (Å²) in [6.45, 7) is 9.11. The molecule has 2 aromatic heterocycles. The van der Waals surface area contributed by atoms with E-state index in [9.17, 15) is 14.7 Å². The Hall–Kier alpha value is -2.70. The van der Waals surface area contributed by atoms with Crippen LogP contribution < -0.4 is 10.1 Å². The average Bonchev–Trinajstić information content (AvgIpc) is 3.56. The molecule has 11 heteroatoms. The molecule has 8 nitrogen and oxygen atoms in total. The van der Waals surface area contributed by atoms with Crippen molar-refractivity contribution in [3.05, 3.63) is 64.5 Å². The summed E-state index contributed by atoms with van der Waals surface area (Å²) in [5, 5.41) is 18.4. The molecule has 2 amide bonds. The molecule has 1 aromatic carbocycles. The van der Waals surface area contributed by atoms with Gasteiger partial charge in [-0.15, -0.1) is 0 Å². The van der Waals surface area contributed by atoms with Crippen molar-refractivity contribution in [2.24, 2.45) is 0 Å². The molecular formula is C25H28N4O4S3. The number of piperazine rings is 1. The van der Waals surface area contributed by atoms with Gasteiger partial charge in [-0.05, 0) is 49.1 Å². The number of aryl methyl sites for hydroxylation is 1. The Balaban J connectivity index is 1.51. The molecule has 0 radical (unpaired) electrons. The van der Waals surface area contributed by atoms with Gasteiger partial charge in [0.2, 0.25) is 5.91 Å². The number of nitrogens with one attached hydrogen (secondary N) is 1. The summed E-state index contributed by atoms with van der Waals surface area (Å²) in [5.41, 5.74) is 2.27. The van der Waals surface area contributed by atoms with Gasteiger partial charge < -0.3 is 14.7 Å². The number of thiophene rings is 1. The zero-order valence-electron chi connectivity index (χ0n) is 20.3. The Morgan fingerprint density at radius 2 is 2.19 bits per heavy atom. The summed E-state index contributed by atoms with van der Waals surface area (Å²) in [5.74, 6) is 0.324. The highest BCUT2D eigenvalue weighted by molar-refractivity contribution is 8.01. The van der Waals surface area contributed by atoms with Gasteiger partial charge in [0.1, 0.15) is 12.0 Å². The van der Waals surface area contributed by atoms with E-state index in [2.05, 4.69) is 16.9 Å². The molecule has 1 fully saturated rings. The number of aromatic nitrogens is 1. The second-order valence-corrected chi connectivity index (χ2v) is 11.5. The summed E-state index contributed by atoms with van der Waals surface area (Å²) in [4.78, 5) is 33.3. The van der Waals surface area contributed by atoms with E-state index < -0.39 is 6.23 Å². The van der Waals surface area contributed by atoms with Crippen LogP contribution >= 0.6 is 34.4 Å². The van der Waals surface area contributed by atoms with Gasteiger partial charge in [-0.25, -0.2) is 4.98 Å². The lowest BCUT2D eigenvalue weighted by atomic mass is 10.1. The van der Waals surface area contributed by atoms with Crippen LogP contribution in [0.5, 0.6) is 5.75 Å². The second kappa shape index (κ2) is 11.6. The molecule has 4 rings (SSSR count). The standard InChI is InChI=1S/C25H28N4O4S3/c1-5-21(30)28-7-8-29(16(3)13-28)24(32)18-11-20(15(2)10-19(18)33-4)35-22-12-26-25(36-22)27-23(31)17-6-9-34-14-17/h5-6,9-12,14,16,24,32H,1,7-8,13H2,2-4H3,(H,26,27,31)/t16-,24?/m0/s1. The van der Waals surface area contributed by atoms with E-state index in [0.717, 1.165) is 14.7 Å². The minimum Gasteiger partial charge on any atom is -0.496 e. The number of rotatable bonds is 8. The van der Waals surface area contributed by atoms with E-state index >= 15 is 0 Å². The molecule has 2 N–H and O–H groups in total. The quantitative estimate of drug-likeness (QED) is 0.399. The summed E-state index contributed by atoms with van der Waals surface area (Å²) >= 11 is 4.38. The van der Waals surface area contributed by atoms with Crippen LogP contribution in [0.1, 0.15) is 34.6 Å². The Labute approximate surface area is 222 Å². The molecule has 1 saturated heterocycles. The van der Waals surface area contributed by atoms with Gasteiger partial charge in [-0.3, -0.25) is 19.8 Å². The number of methoxy groups -OCH3 is 1. The van der Waals surface area contributed by atoms with Gasteiger partial charge in [0.05, 0.1) is 23.1 Å². The number of thiazole rings is 1. The number of benzene rings is 1. The first kappa shape index (κ1) is 26.4. The first-order chi connectivity index (χ1) is 17.3. The first-order valence-electron chi connectivity index (χ1n) is 11.3. The minimum absolute atomic E-state index is 0.0457. The molecule has 2 atom stereocenters. The number of amides is 2. The van der Waals surface area contributed by atoms with Crippen molar-refractivity contribution >= 4 is 51.4 Å². The zero-order valence-corrected chi connectivity index (χ0v) is 22.7. The van der Waals surface area contributed by atoms with Crippen molar-refractivity contribution in [3.63, 3.8) is 0 Å². The monoisotopic (exact) mass is 544 g/mol. The summed E-state index contributed by atoms with van der Waals surface area (Å²) in [6, 6.07) is 5.59. The predicted molar refractivity (Wildman–Crippen MR) is 144 cm³/mol. The summed E-state index contributed by atoms with van der Waals surface area (Å²) in [7, 11) is 1.59. The van der Waals surface area contributed by atoms with E-state index in [4.69, 9.17) is 4.74 Å². The van der Waals surface area contributed by atoms with Crippen molar-refractivity contribution < 1.29 is 19.4 Å². The molecule has 0 spiro atoms. The third-order valence-electron chi connectivity index (χ3n) is 5.98. The van der Waals surface area contributed by atoms with Gasteiger partial charge in [0.15, 0.2) is 5.13 Å². The molecule has 1 aliphatic rings. The normalized spacial score (nSPS) is 17.0. The van der Waals surface area contributed by atoms with Gasteiger partial charge >= 0.3 is 0 Å². The lowest BCUT2D eigenvalue weighted by molar-refractivity contribution is -0.132. The first-order valence-corrected chi connectivity index (χ1v) is 13.9. The predicted octanol–water partition coefficient (Wildman–Crippen LogP) is 4.63. The molecule has 190 valence electrons.